The molecule has 1 N–H and O–H groups in total. The van der Waals surface area contributed by atoms with Crippen molar-refractivity contribution >= 4 is 0 Å². The Bertz CT molecular complexity index is 381. The highest BCUT2D eigenvalue weighted by atomic mass is 16.5. The molecule has 0 radical (unpaired) electrons. The van der Waals surface area contributed by atoms with Gasteiger partial charge in [-0.1, -0.05) is 29.3 Å². The topological polar surface area (TPSA) is 41.9 Å². The van der Waals surface area contributed by atoms with Gasteiger partial charge in [0, 0.05) is 33.9 Å². The molecule has 0 saturated heterocycles. The van der Waals surface area contributed by atoms with Crippen LogP contribution in [0.25, 0.3) is 0 Å². The van der Waals surface area contributed by atoms with Crippen LogP contribution in [0.2, 0.25) is 0 Å². The number of methoxy groups -OCH3 is 2. The van der Waals surface area contributed by atoms with Crippen LogP contribution >= 0.6 is 0 Å². The maximum atomic E-state index is 10.4. The van der Waals surface area contributed by atoms with Crippen LogP contribution in [0.4, 0.5) is 0 Å². The van der Waals surface area contributed by atoms with Crippen LogP contribution in [0, 0.1) is 13.8 Å². The number of aliphatic hydroxyl groups is 1. The smallest absolute Gasteiger partial charge is 0.0802 e. The zero-order valence-corrected chi connectivity index (χ0v) is 13.8. The summed E-state index contributed by atoms with van der Waals surface area (Å²) in [7, 11) is 3.41. The molecule has 0 aromatic heterocycles. The Balaban J connectivity index is 2.52. The number of rotatable bonds is 10. The Labute approximate surface area is 128 Å². The van der Waals surface area contributed by atoms with E-state index in [1.165, 1.54) is 11.1 Å². The number of ether oxygens (including phenoxy) is 2. The highest BCUT2D eigenvalue weighted by Crippen LogP contribution is 2.20. The molecule has 0 amide bonds. The van der Waals surface area contributed by atoms with Gasteiger partial charge in [0.05, 0.1) is 19.3 Å². The second-order valence-corrected chi connectivity index (χ2v) is 5.55. The number of hydrogen-bond acceptors (Lipinski definition) is 4. The highest BCUT2D eigenvalue weighted by molar-refractivity contribution is 5.29. The number of benzene rings is 1. The third-order valence-electron chi connectivity index (χ3n) is 3.57. The summed E-state index contributed by atoms with van der Waals surface area (Å²) in [5.41, 5.74) is 3.39. The largest absolute Gasteiger partial charge is 0.388 e. The summed E-state index contributed by atoms with van der Waals surface area (Å²) in [6.07, 6.45) is 0.298. The van der Waals surface area contributed by atoms with Gasteiger partial charge in [-0.25, -0.2) is 0 Å². The van der Waals surface area contributed by atoms with E-state index in [9.17, 15) is 5.11 Å². The summed E-state index contributed by atoms with van der Waals surface area (Å²) < 4.78 is 10.3. The molecule has 0 heterocycles. The first-order valence-corrected chi connectivity index (χ1v) is 7.53. The van der Waals surface area contributed by atoms with Gasteiger partial charge in [0.25, 0.3) is 0 Å². The Kier molecular flexibility index (Phi) is 8.54. The van der Waals surface area contributed by atoms with Gasteiger partial charge in [-0.2, -0.15) is 0 Å². The molecule has 21 heavy (non-hydrogen) atoms. The number of aliphatic hydroxyl groups excluding tert-OH is 1. The molecule has 1 unspecified atom stereocenters. The Morgan fingerprint density at radius 2 is 1.48 bits per heavy atom. The Morgan fingerprint density at radius 1 is 0.952 bits per heavy atom. The zero-order chi connectivity index (χ0) is 15.7. The molecule has 1 aromatic carbocycles. The van der Waals surface area contributed by atoms with E-state index < -0.39 is 6.10 Å². The van der Waals surface area contributed by atoms with Gasteiger partial charge >= 0.3 is 0 Å². The monoisotopic (exact) mass is 295 g/mol. The van der Waals surface area contributed by atoms with E-state index in [1.54, 1.807) is 14.2 Å². The molecule has 0 aliphatic rings. The van der Waals surface area contributed by atoms with Crippen molar-refractivity contribution in [3.8, 4) is 0 Å². The number of aryl methyl sites for hydroxylation is 2. The van der Waals surface area contributed by atoms with Crippen molar-refractivity contribution in [2.45, 2.75) is 26.4 Å². The van der Waals surface area contributed by atoms with E-state index in [-0.39, 0.29) is 0 Å². The van der Waals surface area contributed by atoms with Crippen LogP contribution in [0.1, 0.15) is 29.2 Å². The molecular weight excluding hydrogens is 266 g/mol. The lowest BCUT2D eigenvalue weighted by Crippen LogP contribution is -2.32. The summed E-state index contributed by atoms with van der Waals surface area (Å²) in [5.74, 6) is 0. The minimum atomic E-state index is -0.420. The maximum absolute atomic E-state index is 10.4. The van der Waals surface area contributed by atoms with Crippen LogP contribution in [-0.2, 0) is 9.47 Å². The van der Waals surface area contributed by atoms with Crippen molar-refractivity contribution in [1.82, 2.24) is 4.90 Å². The third kappa shape index (κ3) is 7.05. The molecule has 4 nitrogen and oxygen atoms in total. The summed E-state index contributed by atoms with van der Waals surface area (Å²) >= 11 is 0. The standard InChI is InChI=1S/C17H29NO3/c1-14-11-15(2)13-16(12-14)17(19)5-6-18(7-9-20-3)8-10-21-4/h11-13,17,19H,5-10H2,1-4H3. The van der Waals surface area contributed by atoms with Crippen molar-refractivity contribution in [2.75, 3.05) is 47.1 Å². The number of hydrogen-bond donors (Lipinski definition) is 1. The van der Waals surface area contributed by atoms with Gasteiger partial charge < -0.3 is 14.6 Å². The first-order chi connectivity index (χ1) is 10.1. The van der Waals surface area contributed by atoms with Gasteiger partial charge in [0.1, 0.15) is 0 Å². The molecule has 1 atom stereocenters. The zero-order valence-electron chi connectivity index (χ0n) is 13.8. The van der Waals surface area contributed by atoms with E-state index in [1.807, 2.05) is 0 Å². The highest BCUT2D eigenvalue weighted by Gasteiger charge is 2.12. The maximum Gasteiger partial charge on any atom is 0.0802 e. The molecule has 1 aromatic rings. The molecular formula is C17H29NO3. The fourth-order valence-electron chi connectivity index (χ4n) is 2.45. The van der Waals surface area contributed by atoms with E-state index in [0.29, 0.717) is 13.2 Å². The normalized spacial score (nSPS) is 12.9. The second-order valence-electron chi connectivity index (χ2n) is 5.55. The van der Waals surface area contributed by atoms with Crippen LogP contribution < -0.4 is 0 Å². The average Bonchev–Trinajstić information content (AvgIpc) is 2.45. The molecule has 0 aliphatic heterocycles. The van der Waals surface area contributed by atoms with Crippen LogP contribution in [0.3, 0.4) is 0 Å². The van der Waals surface area contributed by atoms with Crippen LogP contribution in [-0.4, -0.2) is 57.1 Å². The third-order valence-corrected chi connectivity index (χ3v) is 3.57. The minimum Gasteiger partial charge on any atom is -0.388 e. The fourth-order valence-corrected chi connectivity index (χ4v) is 2.45. The van der Waals surface area contributed by atoms with Gasteiger partial charge in [0.2, 0.25) is 0 Å². The molecule has 0 fully saturated rings. The molecule has 0 aliphatic carbocycles. The number of nitrogens with zero attached hydrogens (tertiary/aromatic N) is 1. The fraction of sp³-hybridized carbons (Fsp3) is 0.647. The van der Waals surface area contributed by atoms with Crippen molar-refractivity contribution in [3.63, 3.8) is 0 Å². The Hall–Kier alpha value is -0.940. The van der Waals surface area contributed by atoms with E-state index in [4.69, 9.17) is 9.47 Å². The predicted octanol–water partition coefficient (Wildman–Crippen LogP) is 2.32. The second kappa shape index (κ2) is 9.90. The van der Waals surface area contributed by atoms with Gasteiger partial charge in [-0.05, 0) is 25.8 Å². The van der Waals surface area contributed by atoms with Gasteiger partial charge in [0.15, 0.2) is 0 Å². The lowest BCUT2D eigenvalue weighted by molar-refractivity contribution is 0.0945. The predicted molar refractivity (Wildman–Crippen MR) is 85.7 cm³/mol. The molecule has 1 rings (SSSR count). The quantitative estimate of drug-likeness (QED) is 0.719. The summed E-state index contributed by atoms with van der Waals surface area (Å²) in [5, 5.41) is 10.4. The van der Waals surface area contributed by atoms with E-state index >= 15 is 0 Å². The lowest BCUT2D eigenvalue weighted by atomic mass is 10.0. The summed E-state index contributed by atoms with van der Waals surface area (Å²) in [6, 6.07) is 6.25. The first-order valence-electron chi connectivity index (χ1n) is 7.53. The van der Waals surface area contributed by atoms with E-state index in [2.05, 4.69) is 36.9 Å². The van der Waals surface area contributed by atoms with Crippen molar-refractivity contribution in [3.05, 3.63) is 34.9 Å². The SMILES string of the molecule is COCCN(CCOC)CCC(O)c1cc(C)cc(C)c1. The van der Waals surface area contributed by atoms with Crippen molar-refractivity contribution in [1.29, 1.82) is 0 Å². The molecule has 120 valence electrons. The van der Waals surface area contributed by atoms with Crippen molar-refractivity contribution < 1.29 is 14.6 Å². The lowest BCUT2D eigenvalue weighted by Gasteiger charge is -2.23. The summed E-state index contributed by atoms with van der Waals surface area (Å²) in [6.45, 7) is 8.08. The van der Waals surface area contributed by atoms with Gasteiger partial charge in [-0.15, -0.1) is 0 Å². The molecule has 0 bridgehead atoms. The minimum absolute atomic E-state index is 0.420. The van der Waals surface area contributed by atoms with Crippen LogP contribution in [0.5, 0.6) is 0 Å². The van der Waals surface area contributed by atoms with Crippen LogP contribution in [0.15, 0.2) is 18.2 Å². The van der Waals surface area contributed by atoms with Gasteiger partial charge in [-0.3, -0.25) is 4.90 Å². The molecule has 0 spiro atoms. The molecule has 0 saturated carbocycles. The molecule has 4 heteroatoms. The average molecular weight is 295 g/mol. The van der Waals surface area contributed by atoms with E-state index in [0.717, 1.165) is 31.6 Å². The van der Waals surface area contributed by atoms with Crippen molar-refractivity contribution in [2.24, 2.45) is 0 Å². The Morgan fingerprint density at radius 3 is 1.95 bits per heavy atom. The first kappa shape index (κ1) is 18.1. The summed E-state index contributed by atoms with van der Waals surface area (Å²) in [4.78, 5) is 2.26.